The lowest BCUT2D eigenvalue weighted by molar-refractivity contribution is 0.372. The van der Waals surface area contributed by atoms with E-state index in [1.807, 2.05) is 12.3 Å². The average molecular weight is 253 g/mol. The summed E-state index contributed by atoms with van der Waals surface area (Å²) in [6, 6.07) is 4.06. The first kappa shape index (κ1) is 12.6. The van der Waals surface area contributed by atoms with Crippen molar-refractivity contribution in [3.8, 4) is 11.5 Å². The minimum atomic E-state index is -0.00243. The molecule has 1 aliphatic carbocycles. The first-order chi connectivity index (χ1) is 8.13. The third kappa shape index (κ3) is 2.53. The number of methoxy groups -OCH3 is 2. The maximum Gasteiger partial charge on any atom is 0.139 e. The van der Waals surface area contributed by atoms with Gasteiger partial charge in [0.05, 0.1) is 19.1 Å². The number of ether oxygens (including phenoxy) is 2. The second-order valence-corrected chi connectivity index (χ2v) is 5.35. The van der Waals surface area contributed by atoms with Gasteiger partial charge < -0.3 is 15.2 Å². The van der Waals surface area contributed by atoms with Crippen LogP contribution in [0.25, 0.3) is 0 Å². The molecule has 0 atom stereocenters. The van der Waals surface area contributed by atoms with Gasteiger partial charge in [-0.1, -0.05) is 6.07 Å². The van der Waals surface area contributed by atoms with Crippen LogP contribution >= 0.6 is 11.8 Å². The Labute approximate surface area is 107 Å². The van der Waals surface area contributed by atoms with E-state index in [2.05, 4.69) is 6.07 Å². The molecular weight excluding hydrogens is 234 g/mol. The van der Waals surface area contributed by atoms with E-state index in [0.29, 0.717) is 0 Å². The smallest absolute Gasteiger partial charge is 0.139 e. The van der Waals surface area contributed by atoms with Crippen LogP contribution in [0.3, 0.4) is 0 Å². The predicted octanol–water partition coefficient (Wildman–Crippen LogP) is 2.46. The maximum atomic E-state index is 6.17. The van der Waals surface area contributed by atoms with Gasteiger partial charge in [-0.25, -0.2) is 0 Å². The van der Waals surface area contributed by atoms with Gasteiger partial charge in [-0.2, -0.15) is 0 Å². The molecule has 1 aromatic carbocycles. The highest BCUT2D eigenvalue weighted by atomic mass is 32.2. The Hall–Kier alpha value is -0.870. The molecule has 0 bridgehead atoms. The quantitative estimate of drug-likeness (QED) is 0.819. The van der Waals surface area contributed by atoms with Crippen LogP contribution < -0.4 is 15.2 Å². The molecule has 0 heterocycles. The highest BCUT2D eigenvalue weighted by Gasteiger charge is 2.39. The van der Waals surface area contributed by atoms with E-state index in [0.717, 1.165) is 35.7 Å². The summed E-state index contributed by atoms with van der Waals surface area (Å²) in [5.41, 5.74) is 7.35. The van der Waals surface area contributed by atoms with Gasteiger partial charge in [-0.05, 0) is 37.1 Å². The van der Waals surface area contributed by atoms with E-state index in [1.54, 1.807) is 26.0 Å². The monoisotopic (exact) mass is 253 g/mol. The van der Waals surface area contributed by atoms with Gasteiger partial charge in [0, 0.05) is 5.54 Å². The summed E-state index contributed by atoms with van der Waals surface area (Å²) in [7, 11) is 3.38. The van der Waals surface area contributed by atoms with Crippen LogP contribution in [-0.2, 0) is 6.42 Å². The van der Waals surface area contributed by atoms with Gasteiger partial charge in [0.2, 0.25) is 0 Å². The van der Waals surface area contributed by atoms with Crippen molar-refractivity contribution in [1.29, 1.82) is 0 Å². The molecule has 4 heteroatoms. The van der Waals surface area contributed by atoms with Crippen molar-refractivity contribution in [2.24, 2.45) is 5.73 Å². The molecule has 1 aromatic rings. The van der Waals surface area contributed by atoms with Gasteiger partial charge in [0.25, 0.3) is 0 Å². The second-order valence-electron chi connectivity index (χ2n) is 4.53. The molecule has 0 amide bonds. The Morgan fingerprint density at radius 3 is 2.47 bits per heavy atom. The zero-order valence-corrected chi connectivity index (χ0v) is 11.4. The molecule has 0 aliphatic heterocycles. The summed E-state index contributed by atoms with van der Waals surface area (Å²) in [6.07, 6.45) is 5.13. The Bertz CT molecular complexity index is 416. The summed E-state index contributed by atoms with van der Waals surface area (Å²) < 4.78 is 10.9. The van der Waals surface area contributed by atoms with Gasteiger partial charge in [0.15, 0.2) is 0 Å². The lowest BCUT2D eigenvalue weighted by atomic mass is 10.0. The first-order valence-electron chi connectivity index (χ1n) is 5.70. The van der Waals surface area contributed by atoms with Crippen LogP contribution in [0.5, 0.6) is 11.5 Å². The zero-order chi connectivity index (χ0) is 12.5. The molecule has 1 saturated carbocycles. The van der Waals surface area contributed by atoms with Crippen LogP contribution in [0.1, 0.15) is 18.4 Å². The third-order valence-electron chi connectivity index (χ3n) is 3.22. The normalized spacial score (nSPS) is 16.7. The van der Waals surface area contributed by atoms with Gasteiger partial charge in [0.1, 0.15) is 11.5 Å². The molecule has 1 aliphatic rings. The number of hydrogen-bond acceptors (Lipinski definition) is 4. The summed E-state index contributed by atoms with van der Waals surface area (Å²) in [6.45, 7) is 0. The van der Waals surface area contributed by atoms with Crippen LogP contribution in [0.15, 0.2) is 17.0 Å². The SMILES string of the molecule is COc1ccc(CC2(N)CC2)c(OC)c1SC. The molecule has 1 fully saturated rings. The molecule has 3 nitrogen and oxygen atoms in total. The molecule has 94 valence electrons. The van der Waals surface area contributed by atoms with Crippen molar-refractivity contribution in [2.45, 2.75) is 29.7 Å². The zero-order valence-electron chi connectivity index (χ0n) is 10.6. The van der Waals surface area contributed by atoms with Crippen molar-refractivity contribution >= 4 is 11.8 Å². The fraction of sp³-hybridized carbons (Fsp3) is 0.538. The highest BCUT2D eigenvalue weighted by Crippen LogP contribution is 2.43. The maximum absolute atomic E-state index is 6.17. The Kier molecular flexibility index (Phi) is 3.54. The molecule has 2 rings (SSSR count). The van der Waals surface area contributed by atoms with E-state index in [9.17, 15) is 0 Å². The molecular formula is C13H19NO2S. The second kappa shape index (κ2) is 4.78. The summed E-state index contributed by atoms with van der Waals surface area (Å²) in [4.78, 5) is 1.05. The number of rotatable bonds is 5. The topological polar surface area (TPSA) is 44.5 Å². The lowest BCUT2D eigenvalue weighted by Gasteiger charge is -2.17. The molecule has 0 spiro atoms. The van der Waals surface area contributed by atoms with Crippen LogP contribution in [0.4, 0.5) is 0 Å². The van der Waals surface area contributed by atoms with Crippen molar-refractivity contribution in [3.05, 3.63) is 17.7 Å². The third-order valence-corrected chi connectivity index (χ3v) is 4.02. The predicted molar refractivity (Wildman–Crippen MR) is 71.2 cm³/mol. The average Bonchev–Trinajstić information content (AvgIpc) is 3.06. The summed E-state index contributed by atoms with van der Waals surface area (Å²) >= 11 is 1.64. The largest absolute Gasteiger partial charge is 0.495 e. The number of benzene rings is 1. The van der Waals surface area contributed by atoms with Crippen LogP contribution in [-0.4, -0.2) is 26.0 Å². The van der Waals surface area contributed by atoms with Crippen molar-refractivity contribution in [2.75, 3.05) is 20.5 Å². The van der Waals surface area contributed by atoms with E-state index in [4.69, 9.17) is 15.2 Å². The van der Waals surface area contributed by atoms with E-state index in [1.165, 1.54) is 5.56 Å². The number of nitrogens with two attached hydrogens (primary N) is 1. The van der Waals surface area contributed by atoms with Gasteiger partial charge >= 0.3 is 0 Å². The van der Waals surface area contributed by atoms with E-state index >= 15 is 0 Å². The van der Waals surface area contributed by atoms with E-state index < -0.39 is 0 Å². The molecule has 0 aromatic heterocycles. The summed E-state index contributed by atoms with van der Waals surface area (Å²) in [5, 5.41) is 0. The fourth-order valence-electron chi connectivity index (χ4n) is 2.02. The summed E-state index contributed by atoms with van der Waals surface area (Å²) in [5.74, 6) is 1.77. The molecule has 0 unspecified atom stereocenters. The molecule has 0 saturated heterocycles. The Morgan fingerprint density at radius 1 is 1.29 bits per heavy atom. The minimum Gasteiger partial charge on any atom is -0.495 e. The number of thioether (sulfide) groups is 1. The van der Waals surface area contributed by atoms with Crippen molar-refractivity contribution in [1.82, 2.24) is 0 Å². The standard InChI is InChI=1S/C13H19NO2S/c1-15-10-5-4-9(8-13(14)6-7-13)11(16-2)12(10)17-3/h4-5H,6-8,14H2,1-3H3. The highest BCUT2D eigenvalue weighted by molar-refractivity contribution is 7.98. The Balaban J connectivity index is 2.38. The van der Waals surface area contributed by atoms with E-state index in [-0.39, 0.29) is 5.54 Å². The minimum absolute atomic E-state index is 0.00243. The van der Waals surface area contributed by atoms with Gasteiger partial charge in [-0.3, -0.25) is 0 Å². The molecule has 2 N–H and O–H groups in total. The number of hydrogen-bond donors (Lipinski definition) is 1. The fourth-order valence-corrected chi connectivity index (χ4v) is 2.77. The van der Waals surface area contributed by atoms with Crippen molar-refractivity contribution in [3.63, 3.8) is 0 Å². The van der Waals surface area contributed by atoms with Crippen LogP contribution in [0.2, 0.25) is 0 Å². The van der Waals surface area contributed by atoms with Crippen LogP contribution in [0, 0.1) is 0 Å². The van der Waals surface area contributed by atoms with Crippen molar-refractivity contribution < 1.29 is 9.47 Å². The first-order valence-corrected chi connectivity index (χ1v) is 6.93. The lowest BCUT2D eigenvalue weighted by Crippen LogP contribution is -2.24. The Morgan fingerprint density at radius 2 is 2.00 bits per heavy atom. The molecule has 17 heavy (non-hydrogen) atoms. The van der Waals surface area contributed by atoms with Gasteiger partial charge in [-0.15, -0.1) is 11.8 Å². The molecule has 0 radical (unpaired) electrons.